The van der Waals surface area contributed by atoms with E-state index < -0.39 is 29.9 Å². The lowest BCUT2D eigenvalue weighted by atomic mass is 10.0. The molecule has 3 N–H and O–H groups in total. The van der Waals surface area contributed by atoms with Crippen molar-refractivity contribution in [1.29, 1.82) is 0 Å². The van der Waals surface area contributed by atoms with Crippen molar-refractivity contribution in [2.45, 2.75) is 12.1 Å². The van der Waals surface area contributed by atoms with Gasteiger partial charge in [0.05, 0.1) is 11.1 Å². The molecule has 2 aromatic carbocycles. The van der Waals surface area contributed by atoms with Crippen LogP contribution in [0.25, 0.3) is 0 Å². The summed E-state index contributed by atoms with van der Waals surface area (Å²) in [6, 6.07) is 13.1. The van der Waals surface area contributed by atoms with Gasteiger partial charge in [-0.3, -0.25) is 19.3 Å². The first-order valence-corrected chi connectivity index (χ1v) is 7.01. The molecule has 0 aliphatic carbocycles. The summed E-state index contributed by atoms with van der Waals surface area (Å²) in [5, 5.41) is 10.5. The van der Waals surface area contributed by atoms with Crippen molar-refractivity contribution in [2.24, 2.45) is 5.73 Å². The summed E-state index contributed by atoms with van der Waals surface area (Å²) < 4.78 is 0. The van der Waals surface area contributed by atoms with Crippen LogP contribution in [0.2, 0.25) is 0 Å². The van der Waals surface area contributed by atoms with Gasteiger partial charge >= 0.3 is 0 Å². The molecule has 3 rings (SSSR count). The number of benzene rings is 2. The first kappa shape index (κ1) is 14.9. The second-order valence-electron chi connectivity index (χ2n) is 5.23. The number of rotatable bonds is 4. The SMILES string of the molecule is NC(=O)[C@@H]([C@H](O)c1ccccc1)N1C(=O)c2ccccc2C1=O. The molecule has 0 aromatic heterocycles. The van der Waals surface area contributed by atoms with E-state index in [0.29, 0.717) is 5.56 Å². The maximum absolute atomic E-state index is 12.5. The Morgan fingerprint density at radius 3 is 1.87 bits per heavy atom. The van der Waals surface area contributed by atoms with E-state index in [1.165, 1.54) is 12.1 Å². The minimum Gasteiger partial charge on any atom is -0.386 e. The van der Waals surface area contributed by atoms with E-state index in [1.54, 1.807) is 42.5 Å². The highest BCUT2D eigenvalue weighted by molar-refractivity contribution is 6.22. The predicted molar refractivity (Wildman–Crippen MR) is 81.3 cm³/mol. The number of nitrogens with two attached hydrogens (primary N) is 1. The lowest BCUT2D eigenvalue weighted by molar-refractivity contribution is -0.125. The molecule has 0 spiro atoms. The number of amides is 3. The van der Waals surface area contributed by atoms with Gasteiger partial charge < -0.3 is 10.8 Å². The molecule has 6 nitrogen and oxygen atoms in total. The lowest BCUT2D eigenvalue weighted by Gasteiger charge is -2.27. The first-order chi connectivity index (χ1) is 11.0. The first-order valence-electron chi connectivity index (χ1n) is 7.01. The number of hydrogen-bond acceptors (Lipinski definition) is 4. The average Bonchev–Trinajstić information content (AvgIpc) is 2.81. The molecule has 3 amide bonds. The van der Waals surface area contributed by atoms with Crippen LogP contribution in [-0.2, 0) is 4.79 Å². The number of carbonyl (C=O) groups is 3. The summed E-state index contributed by atoms with van der Waals surface area (Å²) in [4.78, 5) is 37.6. The quantitative estimate of drug-likeness (QED) is 0.818. The average molecular weight is 310 g/mol. The van der Waals surface area contributed by atoms with Crippen molar-refractivity contribution in [3.8, 4) is 0 Å². The third-order valence-electron chi connectivity index (χ3n) is 3.84. The van der Waals surface area contributed by atoms with Crippen LogP contribution in [0.3, 0.4) is 0 Å². The van der Waals surface area contributed by atoms with Crippen molar-refractivity contribution in [2.75, 3.05) is 0 Å². The Morgan fingerprint density at radius 2 is 1.39 bits per heavy atom. The van der Waals surface area contributed by atoms with Crippen molar-refractivity contribution in [3.05, 3.63) is 71.3 Å². The van der Waals surface area contributed by atoms with Gasteiger partial charge in [0.1, 0.15) is 12.1 Å². The fourth-order valence-electron chi connectivity index (χ4n) is 2.72. The standard InChI is InChI=1S/C17H14N2O4/c18-15(21)13(14(20)10-6-2-1-3-7-10)19-16(22)11-8-4-5-9-12(11)17(19)23/h1-9,13-14,20H,(H2,18,21)/t13-,14-/m1/s1. The van der Waals surface area contributed by atoms with E-state index in [9.17, 15) is 19.5 Å². The maximum atomic E-state index is 12.5. The number of hydrogen-bond donors (Lipinski definition) is 2. The molecule has 1 aliphatic rings. The second kappa shape index (κ2) is 5.66. The highest BCUT2D eigenvalue weighted by Crippen LogP contribution is 2.29. The number of fused-ring (bicyclic) bond motifs is 1. The number of imide groups is 1. The van der Waals surface area contributed by atoms with E-state index in [2.05, 4.69) is 0 Å². The fourth-order valence-corrected chi connectivity index (χ4v) is 2.72. The zero-order chi connectivity index (χ0) is 16.6. The van der Waals surface area contributed by atoms with E-state index in [4.69, 9.17) is 5.73 Å². The number of aliphatic hydroxyl groups is 1. The van der Waals surface area contributed by atoms with E-state index in [-0.39, 0.29) is 11.1 Å². The largest absolute Gasteiger partial charge is 0.386 e. The van der Waals surface area contributed by atoms with Crippen LogP contribution >= 0.6 is 0 Å². The maximum Gasteiger partial charge on any atom is 0.262 e. The van der Waals surface area contributed by atoms with Crippen LogP contribution in [0.4, 0.5) is 0 Å². The number of carbonyl (C=O) groups excluding carboxylic acids is 3. The Kier molecular flexibility index (Phi) is 3.67. The molecule has 0 unspecified atom stereocenters. The van der Waals surface area contributed by atoms with Crippen molar-refractivity contribution in [1.82, 2.24) is 4.90 Å². The summed E-state index contributed by atoms with van der Waals surface area (Å²) in [6.45, 7) is 0. The smallest absolute Gasteiger partial charge is 0.262 e. The molecular weight excluding hydrogens is 296 g/mol. The molecular formula is C17H14N2O4. The highest BCUT2D eigenvalue weighted by Gasteiger charge is 2.45. The summed E-state index contributed by atoms with van der Waals surface area (Å²) in [7, 11) is 0. The van der Waals surface area contributed by atoms with Crippen LogP contribution < -0.4 is 5.73 Å². The normalized spacial score (nSPS) is 16.1. The number of aliphatic hydroxyl groups excluding tert-OH is 1. The van der Waals surface area contributed by atoms with E-state index in [1.807, 2.05) is 0 Å². The molecule has 1 aliphatic heterocycles. The molecule has 0 bridgehead atoms. The van der Waals surface area contributed by atoms with Gasteiger partial charge in [-0.2, -0.15) is 0 Å². The van der Waals surface area contributed by atoms with Crippen molar-refractivity contribution in [3.63, 3.8) is 0 Å². The third-order valence-corrected chi connectivity index (χ3v) is 3.84. The zero-order valence-electron chi connectivity index (χ0n) is 12.0. The molecule has 6 heteroatoms. The Labute approximate surface area is 132 Å². The monoisotopic (exact) mass is 310 g/mol. The molecule has 1 heterocycles. The van der Waals surface area contributed by atoms with Gasteiger partial charge in [0.25, 0.3) is 11.8 Å². The fraction of sp³-hybridized carbons (Fsp3) is 0.118. The lowest BCUT2D eigenvalue weighted by Crippen LogP contribution is -2.51. The Morgan fingerprint density at radius 1 is 0.913 bits per heavy atom. The summed E-state index contributed by atoms with van der Waals surface area (Å²) in [5.41, 5.74) is 6.16. The molecule has 0 fully saturated rings. The van der Waals surface area contributed by atoms with Crippen LogP contribution in [0, 0.1) is 0 Å². The van der Waals surface area contributed by atoms with Gasteiger partial charge in [0.2, 0.25) is 5.91 Å². The van der Waals surface area contributed by atoms with Gasteiger partial charge in [-0.15, -0.1) is 0 Å². The van der Waals surface area contributed by atoms with Crippen LogP contribution in [0.1, 0.15) is 32.4 Å². The zero-order valence-corrected chi connectivity index (χ0v) is 12.0. The van der Waals surface area contributed by atoms with Gasteiger partial charge in [-0.05, 0) is 17.7 Å². The van der Waals surface area contributed by atoms with Crippen LogP contribution in [0.15, 0.2) is 54.6 Å². The summed E-state index contributed by atoms with van der Waals surface area (Å²) >= 11 is 0. The van der Waals surface area contributed by atoms with Gasteiger partial charge in [-0.25, -0.2) is 0 Å². The molecule has 2 aromatic rings. The molecule has 0 radical (unpaired) electrons. The van der Waals surface area contributed by atoms with Gasteiger partial charge in [0.15, 0.2) is 0 Å². The highest BCUT2D eigenvalue weighted by atomic mass is 16.3. The minimum atomic E-state index is -1.47. The molecule has 0 saturated heterocycles. The molecule has 0 saturated carbocycles. The van der Waals surface area contributed by atoms with Gasteiger partial charge in [-0.1, -0.05) is 42.5 Å². The summed E-state index contributed by atoms with van der Waals surface area (Å²) in [5.74, 6) is -2.22. The minimum absolute atomic E-state index is 0.198. The number of primary amides is 1. The van der Waals surface area contributed by atoms with Crippen LogP contribution in [-0.4, -0.2) is 33.8 Å². The second-order valence-corrected chi connectivity index (χ2v) is 5.23. The summed E-state index contributed by atoms with van der Waals surface area (Å²) in [6.07, 6.45) is -1.39. The number of nitrogens with zero attached hydrogens (tertiary/aromatic N) is 1. The van der Waals surface area contributed by atoms with E-state index >= 15 is 0 Å². The molecule has 23 heavy (non-hydrogen) atoms. The Balaban J connectivity index is 2.02. The van der Waals surface area contributed by atoms with Crippen molar-refractivity contribution >= 4 is 17.7 Å². The van der Waals surface area contributed by atoms with Gasteiger partial charge in [0, 0.05) is 0 Å². The third kappa shape index (κ3) is 2.39. The predicted octanol–water partition coefficient (Wildman–Crippen LogP) is 0.870. The Hall–Kier alpha value is -2.99. The molecule has 2 atom stereocenters. The van der Waals surface area contributed by atoms with Crippen LogP contribution in [0.5, 0.6) is 0 Å². The van der Waals surface area contributed by atoms with Crippen molar-refractivity contribution < 1.29 is 19.5 Å². The topological polar surface area (TPSA) is 101 Å². The Bertz CT molecular complexity index is 753. The van der Waals surface area contributed by atoms with E-state index in [0.717, 1.165) is 4.90 Å². The molecule has 116 valence electrons.